The zero-order valence-electron chi connectivity index (χ0n) is 14.8. The molecule has 1 aromatic carbocycles. The number of piperidine rings is 1. The summed E-state index contributed by atoms with van der Waals surface area (Å²) >= 11 is 6.04. The lowest BCUT2D eigenvalue weighted by Gasteiger charge is -2.35. The maximum Gasteiger partial charge on any atom is 0.241 e. The Morgan fingerprint density at radius 2 is 1.92 bits per heavy atom. The number of benzene rings is 1. The smallest absolute Gasteiger partial charge is 0.241 e. The minimum atomic E-state index is -3.50. The third-order valence-electron chi connectivity index (χ3n) is 4.83. The van der Waals surface area contributed by atoms with Crippen molar-refractivity contribution in [2.75, 3.05) is 25.9 Å². The van der Waals surface area contributed by atoms with Gasteiger partial charge in [0.2, 0.25) is 5.91 Å². The number of hydrogen-bond acceptors (Lipinski definition) is 4. The van der Waals surface area contributed by atoms with Crippen molar-refractivity contribution >= 4 is 39.8 Å². The number of amides is 1. The summed E-state index contributed by atoms with van der Waals surface area (Å²) in [5.41, 5.74) is 0.639. The Balaban J connectivity index is 0.00000312. The van der Waals surface area contributed by atoms with Crippen LogP contribution < -0.4 is 10.6 Å². The van der Waals surface area contributed by atoms with Gasteiger partial charge in [-0.2, -0.15) is 0 Å². The summed E-state index contributed by atoms with van der Waals surface area (Å²) in [4.78, 5) is 12.8. The maximum atomic E-state index is 12.8. The van der Waals surface area contributed by atoms with E-state index in [0.29, 0.717) is 37.5 Å². The zero-order valence-corrected chi connectivity index (χ0v) is 17.2. The van der Waals surface area contributed by atoms with Crippen LogP contribution in [-0.4, -0.2) is 45.0 Å². The Morgan fingerprint density at radius 1 is 1.32 bits per heavy atom. The Kier molecular flexibility index (Phi) is 7.33. The predicted octanol–water partition coefficient (Wildman–Crippen LogP) is 2.32. The van der Waals surface area contributed by atoms with Crippen molar-refractivity contribution in [2.45, 2.75) is 36.9 Å². The van der Waals surface area contributed by atoms with Crippen LogP contribution >= 0.6 is 24.0 Å². The molecular formula is C17H26Cl2N2O3S. The number of rotatable bonds is 5. The van der Waals surface area contributed by atoms with Crippen LogP contribution in [0.3, 0.4) is 0 Å². The number of sulfone groups is 1. The van der Waals surface area contributed by atoms with E-state index in [0.717, 1.165) is 11.8 Å². The van der Waals surface area contributed by atoms with Crippen LogP contribution in [0.15, 0.2) is 24.3 Å². The molecule has 1 aromatic rings. The summed E-state index contributed by atoms with van der Waals surface area (Å²) in [6.45, 7) is 5.39. The molecule has 1 amide bonds. The molecule has 25 heavy (non-hydrogen) atoms. The van der Waals surface area contributed by atoms with Crippen LogP contribution in [0, 0.1) is 0 Å². The number of carbonyl (C=O) groups is 1. The molecule has 0 saturated carbocycles. The van der Waals surface area contributed by atoms with E-state index in [-0.39, 0.29) is 17.8 Å². The molecular weight excluding hydrogens is 383 g/mol. The molecule has 0 radical (unpaired) electrons. The van der Waals surface area contributed by atoms with Crippen LogP contribution in [0.1, 0.15) is 32.3 Å². The Morgan fingerprint density at radius 3 is 2.44 bits per heavy atom. The highest BCUT2D eigenvalue weighted by Gasteiger charge is 2.48. The number of halogens is 2. The first kappa shape index (κ1) is 22.2. The van der Waals surface area contributed by atoms with Crippen molar-refractivity contribution in [1.29, 1.82) is 0 Å². The monoisotopic (exact) mass is 408 g/mol. The molecule has 0 atom stereocenters. The standard InChI is InChI=1S/C17H25ClN2O3S.ClH/c1-16(2,13-5-4-6-14(18)11-13)12-20-15(21)17(24(3,22)23)7-9-19-10-8-17;/h4-6,11,19H,7-10,12H2,1-3H3,(H,20,21);1H. The minimum Gasteiger partial charge on any atom is -0.354 e. The van der Waals surface area contributed by atoms with E-state index in [4.69, 9.17) is 11.6 Å². The largest absolute Gasteiger partial charge is 0.354 e. The molecule has 0 bridgehead atoms. The number of carbonyl (C=O) groups excluding carboxylic acids is 1. The van der Waals surface area contributed by atoms with E-state index >= 15 is 0 Å². The number of nitrogens with one attached hydrogen (secondary N) is 2. The quantitative estimate of drug-likeness (QED) is 0.783. The molecule has 1 aliphatic heterocycles. The maximum absolute atomic E-state index is 12.8. The van der Waals surface area contributed by atoms with Gasteiger partial charge >= 0.3 is 0 Å². The fourth-order valence-corrected chi connectivity index (χ4v) is 4.62. The molecule has 1 saturated heterocycles. The van der Waals surface area contributed by atoms with E-state index in [1.165, 1.54) is 0 Å². The molecule has 2 N–H and O–H groups in total. The lowest BCUT2D eigenvalue weighted by atomic mass is 9.84. The molecule has 1 fully saturated rings. The molecule has 5 nitrogen and oxygen atoms in total. The average molecular weight is 409 g/mol. The van der Waals surface area contributed by atoms with Crippen molar-refractivity contribution in [1.82, 2.24) is 10.6 Å². The molecule has 8 heteroatoms. The average Bonchev–Trinajstić information content (AvgIpc) is 2.52. The van der Waals surface area contributed by atoms with Crippen LogP contribution in [0.4, 0.5) is 0 Å². The van der Waals surface area contributed by atoms with Gasteiger partial charge in [0.15, 0.2) is 14.6 Å². The van der Waals surface area contributed by atoms with Gasteiger partial charge in [-0.25, -0.2) is 8.42 Å². The molecule has 142 valence electrons. The van der Waals surface area contributed by atoms with Gasteiger partial charge in [0.05, 0.1) is 0 Å². The van der Waals surface area contributed by atoms with E-state index in [9.17, 15) is 13.2 Å². The first-order chi connectivity index (χ1) is 11.1. The lowest BCUT2D eigenvalue weighted by Crippen LogP contribution is -2.58. The Labute approximate surface area is 161 Å². The van der Waals surface area contributed by atoms with Gasteiger partial charge in [0.25, 0.3) is 0 Å². The van der Waals surface area contributed by atoms with Gasteiger partial charge in [-0.1, -0.05) is 37.6 Å². The second kappa shape index (κ2) is 8.25. The number of hydrogen-bond donors (Lipinski definition) is 2. The summed E-state index contributed by atoms with van der Waals surface area (Å²) in [6, 6.07) is 7.49. The van der Waals surface area contributed by atoms with Gasteiger partial charge in [-0.15, -0.1) is 12.4 Å². The molecule has 0 aromatic heterocycles. The van der Waals surface area contributed by atoms with Crippen molar-refractivity contribution in [3.05, 3.63) is 34.9 Å². The summed E-state index contributed by atoms with van der Waals surface area (Å²) < 4.78 is 23.2. The van der Waals surface area contributed by atoms with E-state index < -0.39 is 20.5 Å². The summed E-state index contributed by atoms with van der Waals surface area (Å²) in [5.74, 6) is -0.401. The first-order valence-corrected chi connectivity index (χ1v) is 10.3. The van der Waals surface area contributed by atoms with Crippen LogP contribution in [0.2, 0.25) is 5.02 Å². The van der Waals surface area contributed by atoms with E-state index in [2.05, 4.69) is 10.6 Å². The van der Waals surface area contributed by atoms with Gasteiger partial charge < -0.3 is 10.6 Å². The van der Waals surface area contributed by atoms with Gasteiger partial charge in [-0.3, -0.25) is 4.79 Å². The fraction of sp³-hybridized carbons (Fsp3) is 0.588. The third kappa shape index (κ3) is 4.88. The highest BCUT2D eigenvalue weighted by molar-refractivity contribution is 7.92. The topological polar surface area (TPSA) is 75.3 Å². The van der Waals surface area contributed by atoms with Crippen LogP contribution in [0.25, 0.3) is 0 Å². The summed E-state index contributed by atoms with van der Waals surface area (Å²) in [5, 5.41) is 6.62. The zero-order chi connectivity index (χ0) is 18.0. The van der Waals surface area contributed by atoms with Gasteiger partial charge in [-0.05, 0) is 43.6 Å². The second-order valence-electron chi connectivity index (χ2n) is 7.09. The normalized spacial score (nSPS) is 17.4. The Bertz CT molecular complexity index is 714. The molecule has 0 aliphatic carbocycles. The third-order valence-corrected chi connectivity index (χ3v) is 7.08. The lowest BCUT2D eigenvalue weighted by molar-refractivity contribution is -0.124. The van der Waals surface area contributed by atoms with Crippen molar-refractivity contribution < 1.29 is 13.2 Å². The summed E-state index contributed by atoms with van der Waals surface area (Å²) in [7, 11) is -3.50. The van der Waals surface area contributed by atoms with Crippen molar-refractivity contribution in [2.24, 2.45) is 0 Å². The van der Waals surface area contributed by atoms with Gasteiger partial charge in [0.1, 0.15) is 0 Å². The highest BCUT2D eigenvalue weighted by atomic mass is 35.5. The van der Waals surface area contributed by atoms with Crippen molar-refractivity contribution in [3.8, 4) is 0 Å². The van der Waals surface area contributed by atoms with Crippen LogP contribution in [-0.2, 0) is 20.0 Å². The Hall–Kier alpha value is -0.820. The second-order valence-corrected chi connectivity index (χ2v) is 9.86. The first-order valence-electron chi connectivity index (χ1n) is 8.03. The highest BCUT2D eigenvalue weighted by Crippen LogP contribution is 2.29. The molecule has 2 rings (SSSR count). The van der Waals surface area contributed by atoms with Gasteiger partial charge in [0, 0.05) is 23.2 Å². The molecule has 1 heterocycles. The van der Waals surface area contributed by atoms with E-state index in [1.807, 2.05) is 32.0 Å². The molecule has 0 spiro atoms. The SMILES string of the molecule is CC(C)(CNC(=O)C1(S(C)(=O)=O)CCNCC1)c1cccc(Cl)c1.Cl. The molecule has 0 unspecified atom stereocenters. The fourth-order valence-electron chi connectivity index (χ4n) is 3.07. The predicted molar refractivity (Wildman–Crippen MR) is 104 cm³/mol. The minimum absolute atomic E-state index is 0. The molecule has 1 aliphatic rings. The van der Waals surface area contributed by atoms with E-state index in [1.54, 1.807) is 6.07 Å². The van der Waals surface area contributed by atoms with Crippen LogP contribution in [0.5, 0.6) is 0 Å². The summed E-state index contributed by atoms with van der Waals surface area (Å²) in [6.07, 6.45) is 1.75. The van der Waals surface area contributed by atoms with Crippen molar-refractivity contribution in [3.63, 3.8) is 0 Å².